The zero-order valence-electron chi connectivity index (χ0n) is 14.9. The molecular formula is C20H25ClFN3O+2. The van der Waals surface area contributed by atoms with Gasteiger partial charge in [0.15, 0.2) is 6.54 Å². The lowest BCUT2D eigenvalue weighted by atomic mass is 10.1. The van der Waals surface area contributed by atoms with Crippen LogP contribution in [0, 0.1) is 12.7 Å². The number of rotatable bonds is 5. The maximum atomic E-state index is 13.7. The van der Waals surface area contributed by atoms with Crippen LogP contribution in [-0.4, -0.2) is 38.6 Å². The van der Waals surface area contributed by atoms with E-state index in [1.807, 2.05) is 0 Å². The van der Waals surface area contributed by atoms with Crippen LogP contribution in [0.2, 0.25) is 5.02 Å². The van der Waals surface area contributed by atoms with Gasteiger partial charge in [0.05, 0.1) is 5.69 Å². The lowest BCUT2D eigenvalue weighted by Gasteiger charge is -2.29. The van der Waals surface area contributed by atoms with Crippen molar-refractivity contribution in [3.63, 3.8) is 0 Å². The highest BCUT2D eigenvalue weighted by atomic mass is 35.5. The number of anilines is 1. The van der Waals surface area contributed by atoms with E-state index in [1.165, 1.54) is 34.2 Å². The van der Waals surface area contributed by atoms with Crippen LogP contribution in [0.5, 0.6) is 0 Å². The Balaban J connectivity index is 1.47. The fourth-order valence-corrected chi connectivity index (χ4v) is 3.58. The minimum atomic E-state index is -0.467. The number of hydrogen-bond donors (Lipinski definition) is 3. The Labute approximate surface area is 158 Å². The zero-order valence-corrected chi connectivity index (χ0v) is 15.7. The SMILES string of the molecule is Cc1ccccc1C[NH+]1CC[NH+](CC(=O)Nc2cc(Cl)ccc2F)CC1. The molecule has 6 heteroatoms. The van der Waals surface area contributed by atoms with Crippen LogP contribution in [-0.2, 0) is 11.3 Å². The van der Waals surface area contributed by atoms with Gasteiger partial charge in [-0.1, -0.05) is 35.9 Å². The molecule has 1 amide bonds. The number of carbonyl (C=O) groups excluding carboxylic acids is 1. The summed E-state index contributed by atoms with van der Waals surface area (Å²) in [7, 11) is 0. The first-order valence-electron chi connectivity index (χ1n) is 8.98. The summed E-state index contributed by atoms with van der Waals surface area (Å²) in [6.45, 7) is 7.46. The molecule has 2 aromatic carbocycles. The van der Waals surface area contributed by atoms with Gasteiger partial charge in [-0.25, -0.2) is 4.39 Å². The molecule has 0 bridgehead atoms. The predicted octanol–water partition coefficient (Wildman–Crippen LogP) is 0.710. The third-order valence-corrected chi connectivity index (χ3v) is 5.21. The largest absolute Gasteiger partial charge is 0.322 e. The van der Waals surface area contributed by atoms with Gasteiger partial charge >= 0.3 is 0 Å². The third-order valence-electron chi connectivity index (χ3n) is 4.98. The van der Waals surface area contributed by atoms with Gasteiger partial charge in [-0.3, -0.25) is 4.79 Å². The van der Waals surface area contributed by atoms with E-state index in [-0.39, 0.29) is 11.6 Å². The number of amides is 1. The first-order valence-corrected chi connectivity index (χ1v) is 9.35. The van der Waals surface area contributed by atoms with E-state index < -0.39 is 5.82 Å². The Hall–Kier alpha value is -1.95. The van der Waals surface area contributed by atoms with Crippen molar-refractivity contribution >= 4 is 23.2 Å². The van der Waals surface area contributed by atoms with Crippen LogP contribution >= 0.6 is 11.6 Å². The first-order chi connectivity index (χ1) is 12.5. The molecule has 3 rings (SSSR count). The first kappa shape index (κ1) is 18.8. The maximum absolute atomic E-state index is 13.7. The average Bonchev–Trinajstić information content (AvgIpc) is 2.62. The minimum absolute atomic E-state index is 0.144. The number of halogens is 2. The molecule has 0 unspecified atom stereocenters. The highest BCUT2D eigenvalue weighted by Gasteiger charge is 2.25. The van der Waals surface area contributed by atoms with Gasteiger partial charge in [0.25, 0.3) is 5.91 Å². The zero-order chi connectivity index (χ0) is 18.5. The number of carbonyl (C=O) groups is 1. The molecule has 1 heterocycles. The van der Waals surface area contributed by atoms with Crippen molar-refractivity contribution in [3.8, 4) is 0 Å². The van der Waals surface area contributed by atoms with Crippen LogP contribution in [0.1, 0.15) is 11.1 Å². The molecule has 0 atom stereocenters. The fraction of sp³-hybridized carbons (Fsp3) is 0.350. The average molecular weight is 378 g/mol. The molecule has 0 spiro atoms. The summed E-state index contributed by atoms with van der Waals surface area (Å²) in [5.41, 5.74) is 2.86. The summed E-state index contributed by atoms with van der Waals surface area (Å²) >= 11 is 5.86. The molecule has 0 aromatic heterocycles. The van der Waals surface area contributed by atoms with Gasteiger partial charge < -0.3 is 15.1 Å². The highest BCUT2D eigenvalue weighted by molar-refractivity contribution is 6.30. The summed E-state index contributed by atoms with van der Waals surface area (Å²) in [5.74, 6) is -0.645. The standard InChI is InChI=1S/C20H23ClFN3O/c1-15-4-2-3-5-16(15)13-24-8-10-25(11-9-24)14-20(26)23-19-12-17(21)6-7-18(19)22/h2-7,12H,8-11,13-14H2,1H3,(H,23,26)/p+2. The Morgan fingerprint density at radius 2 is 1.81 bits per heavy atom. The summed E-state index contributed by atoms with van der Waals surface area (Å²) in [6, 6.07) is 12.7. The van der Waals surface area contributed by atoms with Gasteiger partial charge in [-0.05, 0) is 30.7 Å². The Morgan fingerprint density at radius 1 is 1.12 bits per heavy atom. The number of nitrogens with one attached hydrogen (secondary N) is 3. The number of piperazine rings is 1. The van der Waals surface area contributed by atoms with Crippen molar-refractivity contribution in [3.05, 3.63) is 64.4 Å². The smallest absolute Gasteiger partial charge is 0.279 e. The lowest BCUT2D eigenvalue weighted by Crippen LogP contribution is -3.28. The van der Waals surface area contributed by atoms with Crippen molar-refractivity contribution in [2.75, 3.05) is 38.0 Å². The van der Waals surface area contributed by atoms with Crippen LogP contribution in [0.3, 0.4) is 0 Å². The molecule has 138 valence electrons. The lowest BCUT2D eigenvalue weighted by molar-refractivity contribution is -1.02. The summed E-state index contributed by atoms with van der Waals surface area (Å²) in [4.78, 5) is 15.0. The third kappa shape index (κ3) is 5.04. The summed E-state index contributed by atoms with van der Waals surface area (Å²) in [6.07, 6.45) is 0. The van der Waals surface area contributed by atoms with Crippen molar-refractivity contribution in [1.29, 1.82) is 0 Å². The summed E-state index contributed by atoms with van der Waals surface area (Å²) in [5, 5.41) is 3.04. The molecule has 0 aliphatic carbocycles. The van der Waals surface area contributed by atoms with E-state index in [4.69, 9.17) is 11.6 Å². The molecule has 2 aromatic rings. The van der Waals surface area contributed by atoms with E-state index in [0.717, 1.165) is 32.7 Å². The fourth-order valence-electron chi connectivity index (χ4n) is 3.40. The topological polar surface area (TPSA) is 38.0 Å². The number of quaternary nitrogens is 2. The molecule has 3 N–H and O–H groups in total. The van der Waals surface area contributed by atoms with E-state index in [2.05, 4.69) is 36.5 Å². The second-order valence-corrected chi connectivity index (χ2v) is 7.39. The molecule has 1 aliphatic rings. The van der Waals surface area contributed by atoms with Crippen LogP contribution < -0.4 is 15.1 Å². The second-order valence-electron chi connectivity index (χ2n) is 6.95. The second kappa shape index (κ2) is 8.62. The predicted molar refractivity (Wildman–Crippen MR) is 101 cm³/mol. The monoisotopic (exact) mass is 377 g/mol. The number of benzene rings is 2. The highest BCUT2D eigenvalue weighted by Crippen LogP contribution is 2.19. The van der Waals surface area contributed by atoms with Gasteiger partial charge in [0.1, 0.15) is 38.5 Å². The van der Waals surface area contributed by atoms with Gasteiger partial charge in [0, 0.05) is 10.6 Å². The molecule has 1 saturated heterocycles. The molecular weight excluding hydrogens is 353 g/mol. The van der Waals surface area contributed by atoms with Gasteiger partial charge in [-0.2, -0.15) is 0 Å². The molecule has 0 radical (unpaired) electrons. The molecule has 1 aliphatic heterocycles. The van der Waals surface area contributed by atoms with E-state index in [9.17, 15) is 9.18 Å². The van der Waals surface area contributed by atoms with Crippen molar-refractivity contribution in [2.45, 2.75) is 13.5 Å². The molecule has 1 fully saturated rings. The number of aryl methyl sites for hydroxylation is 1. The van der Waals surface area contributed by atoms with Crippen LogP contribution in [0.25, 0.3) is 0 Å². The van der Waals surface area contributed by atoms with E-state index in [1.54, 1.807) is 4.90 Å². The number of hydrogen-bond acceptors (Lipinski definition) is 1. The van der Waals surface area contributed by atoms with Crippen LogP contribution in [0.15, 0.2) is 42.5 Å². The Kier molecular flexibility index (Phi) is 6.25. The molecule has 4 nitrogen and oxygen atoms in total. The van der Waals surface area contributed by atoms with Crippen molar-refractivity contribution in [2.24, 2.45) is 0 Å². The Bertz CT molecular complexity index is 775. The van der Waals surface area contributed by atoms with Crippen LogP contribution in [0.4, 0.5) is 10.1 Å². The quantitative estimate of drug-likeness (QED) is 0.705. The Morgan fingerprint density at radius 3 is 2.54 bits per heavy atom. The summed E-state index contributed by atoms with van der Waals surface area (Å²) < 4.78 is 13.7. The van der Waals surface area contributed by atoms with Crippen molar-refractivity contribution < 1.29 is 19.0 Å². The van der Waals surface area contributed by atoms with Gasteiger partial charge in [-0.15, -0.1) is 0 Å². The molecule has 0 saturated carbocycles. The van der Waals surface area contributed by atoms with E-state index in [0.29, 0.717) is 11.6 Å². The normalized spacial score (nSPS) is 20.0. The maximum Gasteiger partial charge on any atom is 0.279 e. The van der Waals surface area contributed by atoms with Gasteiger partial charge in [0.2, 0.25) is 0 Å². The minimum Gasteiger partial charge on any atom is -0.322 e. The molecule has 26 heavy (non-hydrogen) atoms. The van der Waals surface area contributed by atoms with E-state index >= 15 is 0 Å². The van der Waals surface area contributed by atoms with Crippen molar-refractivity contribution in [1.82, 2.24) is 0 Å².